The van der Waals surface area contributed by atoms with E-state index >= 15 is 0 Å². The predicted molar refractivity (Wildman–Crippen MR) is 88.2 cm³/mol. The molecule has 4 rings (SSSR count). The van der Waals surface area contributed by atoms with Crippen LogP contribution < -0.4 is 4.90 Å². The van der Waals surface area contributed by atoms with Crippen LogP contribution in [0.1, 0.15) is 32.1 Å². The number of carbonyl (C=O) groups excluding carboxylic acids is 1. The SMILES string of the molecule is O=C1N(C2CCOCC2)CCCC12CCN(c1ncccc1F)C2. The summed E-state index contributed by atoms with van der Waals surface area (Å²) in [7, 11) is 0. The molecular formula is C18H24FN3O2. The van der Waals surface area contributed by atoms with Gasteiger partial charge in [-0.3, -0.25) is 4.79 Å². The minimum absolute atomic E-state index is 0.263. The highest BCUT2D eigenvalue weighted by molar-refractivity contribution is 5.85. The fourth-order valence-electron chi connectivity index (χ4n) is 4.49. The first-order valence-corrected chi connectivity index (χ1v) is 8.94. The van der Waals surface area contributed by atoms with E-state index in [1.165, 1.54) is 6.07 Å². The molecule has 0 aromatic carbocycles. The number of ether oxygens (including phenoxy) is 1. The first-order chi connectivity index (χ1) is 11.7. The van der Waals surface area contributed by atoms with Crippen molar-refractivity contribution in [3.8, 4) is 0 Å². The van der Waals surface area contributed by atoms with Crippen molar-refractivity contribution in [2.45, 2.75) is 38.1 Å². The van der Waals surface area contributed by atoms with Crippen molar-refractivity contribution < 1.29 is 13.9 Å². The van der Waals surface area contributed by atoms with E-state index in [2.05, 4.69) is 9.88 Å². The molecule has 3 fully saturated rings. The number of carbonyl (C=O) groups is 1. The van der Waals surface area contributed by atoms with Gasteiger partial charge in [0, 0.05) is 45.1 Å². The lowest BCUT2D eigenvalue weighted by atomic mass is 9.77. The van der Waals surface area contributed by atoms with Crippen molar-refractivity contribution in [3.05, 3.63) is 24.1 Å². The number of pyridine rings is 1. The largest absolute Gasteiger partial charge is 0.381 e. The summed E-state index contributed by atoms with van der Waals surface area (Å²) in [5.74, 6) is 0.337. The number of aromatic nitrogens is 1. The van der Waals surface area contributed by atoms with Crippen molar-refractivity contribution >= 4 is 11.7 Å². The van der Waals surface area contributed by atoms with E-state index in [9.17, 15) is 9.18 Å². The van der Waals surface area contributed by atoms with Crippen LogP contribution in [0.2, 0.25) is 0 Å². The molecule has 1 aromatic heterocycles. The van der Waals surface area contributed by atoms with Crippen molar-refractivity contribution in [2.75, 3.05) is 37.7 Å². The molecule has 0 aliphatic carbocycles. The third-order valence-electron chi connectivity index (χ3n) is 5.79. The molecule has 0 N–H and O–H groups in total. The van der Waals surface area contributed by atoms with Crippen molar-refractivity contribution in [3.63, 3.8) is 0 Å². The van der Waals surface area contributed by atoms with Crippen LogP contribution in [0.4, 0.5) is 10.2 Å². The Morgan fingerprint density at radius 1 is 1.25 bits per heavy atom. The number of hydrogen-bond acceptors (Lipinski definition) is 4. The fourth-order valence-corrected chi connectivity index (χ4v) is 4.49. The number of amides is 1. The molecule has 0 radical (unpaired) electrons. The average Bonchev–Trinajstić information content (AvgIpc) is 3.04. The van der Waals surface area contributed by atoms with Gasteiger partial charge in [-0.05, 0) is 44.2 Å². The lowest BCUT2D eigenvalue weighted by Crippen LogP contribution is -2.54. The fraction of sp³-hybridized carbons (Fsp3) is 0.667. The minimum Gasteiger partial charge on any atom is -0.381 e. The highest BCUT2D eigenvalue weighted by Crippen LogP contribution is 2.42. The summed E-state index contributed by atoms with van der Waals surface area (Å²) in [5.41, 5.74) is -0.361. The van der Waals surface area contributed by atoms with Gasteiger partial charge in [0.2, 0.25) is 5.91 Å². The van der Waals surface area contributed by atoms with Gasteiger partial charge in [0.1, 0.15) is 0 Å². The van der Waals surface area contributed by atoms with Crippen molar-refractivity contribution in [1.29, 1.82) is 0 Å². The van der Waals surface area contributed by atoms with E-state index in [0.29, 0.717) is 24.9 Å². The molecule has 1 unspecified atom stereocenters. The van der Waals surface area contributed by atoms with Crippen LogP contribution in [0.25, 0.3) is 0 Å². The summed E-state index contributed by atoms with van der Waals surface area (Å²) >= 11 is 0. The smallest absolute Gasteiger partial charge is 0.230 e. The quantitative estimate of drug-likeness (QED) is 0.832. The van der Waals surface area contributed by atoms with Gasteiger partial charge < -0.3 is 14.5 Å². The number of halogens is 1. The number of nitrogens with zero attached hydrogens (tertiary/aromatic N) is 3. The number of piperidine rings is 1. The summed E-state index contributed by atoms with van der Waals surface area (Å²) in [6.45, 7) is 3.61. The molecule has 1 atom stereocenters. The molecule has 3 aliphatic rings. The zero-order valence-corrected chi connectivity index (χ0v) is 13.9. The second kappa shape index (κ2) is 6.31. The Labute approximate surface area is 141 Å². The first kappa shape index (κ1) is 15.8. The Balaban J connectivity index is 1.52. The van der Waals surface area contributed by atoms with Crippen molar-refractivity contribution in [1.82, 2.24) is 9.88 Å². The van der Waals surface area contributed by atoms with E-state index in [4.69, 9.17) is 4.74 Å². The summed E-state index contributed by atoms with van der Waals surface area (Å²) in [6.07, 6.45) is 6.20. The summed E-state index contributed by atoms with van der Waals surface area (Å²) in [4.78, 5) is 21.5. The molecule has 6 heteroatoms. The monoisotopic (exact) mass is 333 g/mol. The zero-order chi connectivity index (χ0) is 16.6. The maximum atomic E-state index is 14.0. The summed E-state index contributed by atoms with van der Waals surface area (Å²) in [5, 5.41) is 0. The van der Waals surface area contributed by atoms with Crippen LogP contribution in [-0.4, -0.2) is 54.7 Å². The third-order valence-corrected chi connectivity index (χ3v) is 5.79. The highest BCUT2D eigenvalue weighted by Gasteiger charge is 2.50. The molecule has 4 heterocycles. The number of hydrogen-bond donors (Lipinski definition) is 0. The molecular weight excluding hydrogens is 309 g/mol. The topological polar surface area (TPSA) is 45.7 Å². The van der Waals surface area contributed by atoms with Crippen LogP contribution >= 0.6 is 0 Å². The minimum atomic E-state index is -0.361. The maximum absolute atomic E-state index is 14.0. The molecule has 1 amide bonds. The van der Waals surface area contributed by atoms with Gasteiger partial charge in [0.25, 0.3) is 0 Å². The van der Waals surface area contributed by atoms with Gasteiger partial charge >= 0.3 is 0 Å². The number of rotatable bonds is 2. The van der Waals surface area contributed by atoms with E-state index in [1.54, 1.807) is 12.3 Å². The van der Waals surface area contributed by atoms with E-state index in [0.717, 1.165) is 51.9 Å². The van der Waals surface area contributed by atoms with E-state index < -0.39 is 0 Å². The molecule has 130 valence electrons. The van der Waals surface area contributed by atoms with Crippen LogP contribution in [-0.2, 0) is 9.53 Å². The van der Waals surface area contributed by atoms with Crippen molar-refractivity contribution in [2.24, 2.45) is 5.41 Å². The standard InChI is InChI=1S/C18H24FN3O2/c19-15-3-1-8-20-16(15)21-10-7-18(13-21)6-2-9-22(17(18)23)14-4-11-24-12-5-14/h1,3,8,14H,2,4-7,9-13H2. The van der Waals surface area contributed by atoms with E-state index in [-0.39, 0.29) is 17.1 Å². The van der Waals surface area contributed by atoms with Crippen LogP contribution in [0.5, 0.6) is 0 Å². The van der Waals surface area contributed by atoms with E-state index in [1.807, 2.05) is 4.90 Å². The van der Waals surface area contributed by atoms with Gasteiger partial charge in [-0.2, -0.15) is 0 Å². The van der Waals surface area contributed by atoms with Gasteiger partial charge in [-0.1, -0.05) is 0 Å². The van der Waals surface area contributed by atoms with Gasteiger partial charge in [-0.15, -0.1) is 0 Å². The number of likely N-dealkylation sites (tertiary alicyclic amines) is 1. The first-order valence-electron chi connectivity index (χ1n) is 8.94. The molecule has 1 spiro atoms. The summed E-state index contributed by atoms with van der Waals surface area (Å²) in [6, 6.07) is 3.34. The van der Waals surface area contributed by atoms with Crippen LogP contribution in [0.3, 0.4) is 0 Å². The molecule has 1 aromatic rings. The average molecular weight is 333 g/mol. The number of anilines is 1. The maximum Gasteiger partial charge on any atom is 0.230 e. The molecule has 24 heavy (non-hydrogen) atoms. The zero-order valence-electron chi connectivity index (χ0n) is 13.9. The Morgan fingerprint density at radius 2 is 2.08 bits per heavy atom. The molecule has 3 aliphatic heterocycles. The molecule has 0 bridgehead atoms. The Hall–Kier alpha value is -1.69. The Kier molecular flexibility index (Phi) is 4.16. The highest BCUT2D eigenvalue weighted by atomic mass is 19.1. The lowest BCUT2D eigenvalue weighted by Gasteiger charge is -2.44. The molecule has 0 saturated carbocycles. The second-order valence-electron chi connectivity index (χ2n) is 7.21. The van der Waals surface area contributed by atoms with Crippen LogP contribution in [0, 0.1) is 11.2 Å². The second-order valence-corrected chi connectivity index (χ2v) is 7.21. The molecule has 5 nitrogen and oxygen atoms in total. The molecule has 3 saturated heterocycles. The lowest BCUT2D eigenvalue weighted by molar-refractivity contribution is -0.149. The van der Waals surface area contributed by atoms with Crippen LogP contribution in [0.15, 0.2) is 18.3 Å². The predicted octanol–water partition coefficient (Wildman–Crippen LogP) is 2.22. The normalized spacial score (nSPS) is 28.8. The van der Waals surface area contributed by atoms with Gasteiger partial charge in [0.15, 0.2) is 11.6 Å². The van der Waals surface area contributed by atoms with Gasteiger partial charge in [0.05, 0.1) is 5.41 Å². The summed E-state index contributed by atoms with van der Waals surface area (Å²) < 4.78 is 19.5. The third kappa shape index (κ3) is 2.66. The Bertz CT molecular complexity index is 620. The van der Waals surface area contributed by atoms with Gasteiger partial charge in [-0.25, -0.2) is 9.37 Å². The Morgan fingerprint density at radius 3 is 2.88 bits per heavy atom.